The number of rotatable bonds is 2. The Morgan fingerprint density at radius 3 is 3.11 bits per heavy atom. The van der Waals surface area contributed by atoms with Gasteiger partial charge in [-0.2, -0.15) is 0 Å². The van der Waals surface area contributed by atoms with Gasteiger partial charge in [-0.05, 0) is 30.5 Å². The number of aromatic nitrogens is 1. The number of fused-ring (bicyclic) bond motifs is 1. The van der Waals surface area contributed by atoms with Crippen molar-refractivity contribution in [2.24, 2.45) is 0 Å². The fourth-order valence-electron chi connectivity index (χ4n) is 2.03. The molecular formula is C13H12ClN3OS. The number of nitrogens with zero attached hydrogens (tertiary/aromatic N) is 2. The minimum absolute atomic E-state index is 0.0220. The molecule has 4 nitrogen and oxygen atoms in total. The smallest absolute Gasteiger partial charge is 0.235 e. The first-order valence-corrected chi connectivity index (χ1v) is 7.00. The molecule has 2 aromatic heterocycles. The van der Waals surface area contributed by atoms with Gasteiger partial charge in [-0.1, -0.05) is 0 Å². The van der Waals surface area contributed by atoms with E-state index in [9.17, 15) is 5.11 Å². The topological polar surface area (TPSA) is 48.4 Å². The van der Waals surface area contributed by atoms with Gasteiger partial charge < -0.3 is 10.4 Å². The Bertz CT molecular complexity index is 653. The van der Waals surface area contributed by atoms with Crippen LogP contribution in [0.5, 0.6) is 5.88 Å². The van der Waals surface area contributed by atoms with Gasteiger partial charge in [-0.15, -0.1) is 11.3 Å². The number of thiophene rings is 1. The molecule has 3 heterocycles. The highest BCUT2D eigenvalue weighted by Gasteiger charge is 2.23. The summed E-state index contributed by atoms with van der Waals surface area (Å²) in [4.78, 5) is 5.06. The van der Waals surface area contributed by atoms with Crippen molar-refractivity contribution in [2.75, 3.05) is 5.32 Å². The number of aromatic hydroxyl groups is 1. The van der Waals surface area contributed by atoms with Crippen LogP contribution in [0.15, 0.2) is 35.5 Å². The van der Waals surface area contributed by atoms with Gasteiger partial charge in [0, 0.05) is 28.4 Å². The van der Waals surface area contributed by atoms with E-state index in [0.29, 0.717) is 12.2 Å². The largest absolute Gasteiger partial charge is 0.492 e. The SMILES string of the molecule is CC1=C(Nc2cccnc2O)c2ccsc2CN1Cl. The second-order valence-electron chi connectivity index (χ2n) is 4.24. The van der Waals surface area contributed by atoms with Crippen LogP contribution in [0.2, 0.25) is 0 Å². The second-order valence-corrected chi connectivity index (χ2v) is 5.65. The summed E-state index contributed by atoms with van der Waals surface area (Å²) in [5.74, 6) is -0.0220. The van der Waals surface area contributed by atoms with Crippen LogP contribution in [-0.4, -0.2) is 14.5 Å². The number of hydrogen-bond donors (Lipinski definition) is 2. The highest BCUT2D eigenvalue weighted by Crippen LogP contribution is 2.37. The van der Waals surface area contributed by atoms with Crippen molar-refractivity contribution in [1.82, 2.24) is 9.40 Å². The van der Waals surface area contributed by atoms with Crippen LogP contribution >= 0.6 is 23.1 Å². The van der Waals surface area contributed by atoms with Crippen LogP contribution < -0.4 is 5.32 Å². The van der Waals surface area contributed by atoms with E-state index in [-0.39, 0.29) is 5.88 Å². The number of pyridine rings is 1. The summed E-state index contributed by atoms with van der Waals surface area (Å²) < 4.78 is 1.68. The summed E-state index contributed by atoms with van der Waals surface area (Å²) in [6, 6.07) is 5.61. The number of nitrogens with one attached hydrogen (secondary N) is 1. The molecule has 2 N–H and O–H groups in total. The summed E-state index contributed by atoms with van der Waals surface area (Å²) in [5, 5.41) is 15.0. The molecule has 0 aliphatic carbocycles. The third-order valence-corrected chi connectivity index (χ3v) is 4.35. The van der Waals surface area contributed by atoms with Gasteiger partial charge in [-0.3, -0.25) is 4.42 Å². The van der Waals surface area contributed by atoms with Crippen LogP contribution in [0.4, 0.5) is 5.69 Å². The first-order valence-electron chi connectivity index (χ1n) is 5.79. The lowest BCUT2D eigenvalue weighted by atomic mass is 10.1. The molecule has 0 fully saturated rings. The molecule has 1 aliphatic rings. The number of anilines is 1. The maximum atomic E-state index is 9.75. The normalized spacial score (nSPS) is 14.5. The third-order valence-electron chi connectivity index (χ3n) is 3.07. The van der Waals surface area contributed by atoms with E-state index < -0.39 is 0 Å². The van der Waals surface area contributed by atoms with E-state index in [4.69, 9.17) is 11.8 Å². The molecule has 2 aromatic rings. The zero-order valence-corrected chi connectivity index (χ0v) is 11.8. The predicted molar refractivity (Wildman–Crippen MR) is 77.8 cm³/mol. The summed E-state index contributed by atoms with van der Waals surface area (Å²) in [6.07, 6.45) is 1.55. The van der Waals surface area contributed by atoms with E-state index in [1.165, 1.54) is 4.88 Å². The fraction of sp³-hybridized carbons (Fsp3) is 0.154. The molecule has 0 aromatic carbocycles. The number of hydrogen-bond acceptors (Lipinski definition) is 5. The van der Waals surface area contributed by atoms with E-state index >= 15 is 0 Å². The van der Waals surface area contributed by atoms with Crippen LogP contribution in [0.3, 0.4) is 0 Å². The van der Waals surface area contributed by atoms with E-state index in [0.717, 1.165) is 17.0 Å². The van der Waals surface area contributed by atoms with Gasteiger partial charge in [-0.25, -0.2) is 4.98 Å². The molecule has 0 spiro atoms. The number of halogens is 1. The highest BCUT2D eigenvalue weighted by atomic mass is 35.5. The summed E-state index contributed by atoms with van der Waals surface area (Å²) >= 11 is 7.89. The minimum atomic E-state index is -0.0220. The monoisotopic (exact) mass is 293 g/mol. The van der Waals surface area contributed by atoms with Crippen molar-refractivity contribution in [2.45, 2.75) is 13.5 Å². The quantitative estimate of drug-likeness (QED) is 0.830. The Kier molecular flexibility index (Phi) is 3.08. The molecule has 0 saturated heterocycles. The van der Waals surface area contributed by atoms with Gasteiger partial charge in [0.25, 0.3) is 0 Å². The molecule has 0 radical (unpaired) electrons. The maximum Gasteiger partial charge on any atom is 0.235 e. The van der Waals surface area contributed by atoms with E-state index in [2.05, 4.69) is 16.4 Å². The molecule has 0 amide bonds. The van der Waals surface area contributed by atoms with Crippen LogP contribution in [0, 0.1) is 0 Å². The zero-order valence-electron chi connectivity index (χ0n) is 10.2. The van der Waals surface area contributed by atoms with E-state index in [1.807, 2.05) is 12.3 Å². The van der Waals surface area contributed by atoms with Crippen LogP contribution in [0.1, 0.15) is 17.4 Å². The summed E-state index contributed by atoms with van der Waals surface area (Å²) in [6.45, 7) is 2.65. The molecule has 3 rings (SSSR count). The fourth-order valence-corrected chi connectivity index (χ4v) is 3.18. The second kappa shape index (κ2) is 4.75. The lowest BCUT2D eigenvalue weighted by Crippen LogP contribution is -2.19. The lowest BCUT2D eigenvalue weighted by molar-refractivity contribution is 0.456. The van der Waals surface area contributed by atoms with Crippen molar-refractivity contribution in [3.8, 4) is 5.88 Å². The standard InChI is InChI=1S/C13H12ClN3OS/c1-8-12(16-10-3-2-5-15-13(10)18)9-4-6-19-11(9)7-17(8)14/h2-6,16H,7H2,1H3,(H,15,18). The molecule has 1 aliphatic heterocycles. The molecule has 0 saturated carbocycles. The van der Waals surface area contributed by atoms with Gasteiger partial charge in [0.15, 0.2) is 0 Å². The van der Waals surface area contributed by atoms with Crippen molar-refractivity contribution >= 4 is 34.5 Å². The van der Waals surface area contributed by atoms with Crippen molar-refractivity contribution < 1.29 is 5.11 Å². The third kappa shape index (κ3) is 2.15. The predicted octanol–water partition coefficient (Wildman–Crippen LogP) is 3.62. The highest BCUT2D eigenvalue weighted by molar-refractivity contribution is 7.10. The Morgan fingerprint density at radius 1 is 1.47 bits per heavy atom. The van der Waals surface area contributed by atoms with E-state index in [1.54, 1.807) is 34.1 Å². The Morgan fingerprint density at radius 2 is 2.32 bits per heavy atom. The lowest BCUT2D eigenvalue weighted by Gasteiger charge is -2.26. The Balaban J connectivity index is 2.04. The maximum absolute atomic E-state index is 9.75. The van der Waals surface area contributed by atoms with Crippen molar-refractivity contribution in [1.29, 1.82) is 0 Å². The van der Waals surface area contributed by atoms with Gasteiger partial charge >= 0.3 is 0 Å². The van der Waals surface area contributed by atoms with Crippen molar-refractivity contribution in [3.63, 3.8) is 0 Å². The molecule has 98 valence electrons. The molecule has 0 bridgehead atoms. The Hall–Kier alpha value is -1.72. The minimum Gasteiger partial charge on any atom is -0.492 e. The van der Waals surface area contributed by atoms with Gasteiger partial charge in [0.05, 0.1) is 17.9 Å². The molecular weight excluding hydrogens is 282 g/mol. The Labute approximate surface area is 120 Å². The zero-order chi connectivity index (χ0) is 13.4. The van der Waals surface area contributed by atoms with Crippen molar-refractivity contribution in [3.05, 3.63) is 45.9 Å². The average molecular weight is 294 g/mol. The number of allylic oxidation sites excluding steroid dienone is 1. The molecule has 0 unspecified atom stereocenters. The van der Waals surface area contributed by atoms with Gasteiger partial charge in [0.1, 0.15) is 5.69 Å². The van der Waals surface area contributed by atoms with Gasteiger partial charge in [0.2, 0.25) is 5.88 Å². The average Bonchev–Trinajstić information content (AvgIpc) is 2.85. The first-order chi connectivity index (χ1) is 9.16. The first kappa shape index (κ1) is 12.3. The van der Waals surface area contributed by atoms with Crippen LogP contribution in [0.25, 0.3) is 5.70 Å². The molecule has 6 heteroatoms. The molecule has 0 atom stereocenters. The van der Waals surface area contributed by atoms with Crippen LogP contribution in [-0.2, 0) is 6.54 Å². The summed E-state index contributed by atoms with van der Waals surface area (Å²) in [5.41, 5.74) is 3.53. The summed E-state index contributed by atoms with van der Waals surface area (Å²) in [7, 11) is 0. The molecule has 19 heavy (non-hydrogen) atoms.